The van der Waals surface area contributed by atoms with Crippen LogP contribution in [0.25, 0.3) is 0 Å². The topological polar surface area (TPSA) is 117 Å². The summed E-state index contributed by atoms with van der Waals surface area (Å²) >= 11 is 0. The fraction of sp³-hybridized carbons (Fsp3) is 0.640. The van der Waals surface area contributed by atoms with Crippen LogP contribution in [0.1, 0.15) is 53.9 Å². The Balaban J connectivity index is 5.01. The number of hydrogen-bond donors (Lipinski definition) is 1. The fourth-order valence-electron chi connectivity index (χ4n) is 2.92. The summed E-state index contributed by atoms with van der Waals surface area (Å²) in [4.78, 5) is 36.5. The molecule has 0 spiro atoms. The Hall–Kier alpha value is -2.22. The summed E-state index contributed by atoms with van der Waals surface area (Å²) in [6.07, 6.45) is 7.44. The number of carbonyl (C=O) groups excluding carboxylic acids is 3. The van der Waals surface area contributed by atoms with E-state index in [1.165, 1.54) is 14.2 Å². The average Bonchev–Trinajstić information content (AvgIpc) is 2.80. The Kier molecular flexibility index (Phi) is 15.4. The standard InChI is InChI=1S/C25H42NO8P/c1-9-11-13-20(10-2)14-12-17-33-24(29)19(3)18-35(30,32-8)34-22(25(4,5)6)23(28)26-16-15-21(27)31-7/h9-11,13,19,22H,1,12,14-18H2,2-8H3,(H,26,28)/t19-,22+,35+/m1/s1. The lowest BCUT2D eigenvalue weighted by atomic mass is 9.88. The van der Waals surface area contributed by atoms with E-state index in [4.69, 9.17) is 13.8 Å². The molecule has 0 aromatic heterocycles. The van der Waals surface area contributed by atoms with Gasteiger partial charge in [0, 0.05) is 13.7 Å². The highest BCUT2D eigenvalue weighted by Crippen LogP contribution is 2.52. The van der Waals surface area contributed by atoms with Gasteiger partial charge in [0.15, 0.2) is 6.10 Å². The molecule has 0 aliphatic heterocycles. The van der Waals surface area contributed by atoms with Gasteiger partial charge in [-0.05, 0) is 25.2 Å². The molecule has 3 atom stereocenters. The number of nitrogens with one attached hydrogen (secondary N) is 1. The van der Waals surface area contributed by atoms with Gasteiger partial charge >= 0.3 is 19.5 Å². The number of hydrogen-bond acceptors (Lipinski definition) is 8. The Morgan fingerprint density at radius 2 is 1.80 bits per heavy atom. The molecule has 200 valence electrons. The first-order valence-electron chi connectivity index (χ1n) is 11.6. The Morgan fingerprint density at radius 3 is 2.31 bits per heavy atom. The van der Waals surface area contributed by atoms with Crippen LogP contribution in [0.5, 0.6) is 0 Å². The minimum atomic E-state index is -3.83. The van der Waals surface area contributed by atoms with Crippen molar-refractivity contribution in [2.45, 2.75) is 60.0 Å². The average molecular weight is 516 g/mol. The maximum absolute atomic E-state index is 13.3. The Labute approximate surface area is 209 Å². The molecule has 0 aliphatic rings. The SMILES string of the molecule is C=CC=CC(=CC)CCCOC(=O)[C@H](C)C[P@](=O)(OC)O[C@@H](C(=O)NCCC(=O)OC)C(C)(C)C. The minimum Gasteiger partial charge on any atom is -0.469 e. The Bertz CT molecular complexity index is 813. The normalized spacial score (nSPS) is 15.7. The summed E-state index contributed by atoms with van der Waals surface area (Å²) in [7, 11) is -1.36. The first-order valence-corrected chi connectivity index (χ1v) is 13.3. The molecule has 35 heavy (non-hydrogen) atoms. The van der Waals surface area contributed by atoms with E-state index >= 15 is 0 Å². The molecule has 0 rings (SSSR count). The van der Waals surface area contributed by atoms with E-state index in [0.29, 0.717) is 6.42 Å². The number of carbonyl (C=O) groups is 3. The van der Waals surface area contributed by atoms with Crippen LogP contribution in [-0.2, 0) is 37.5 Å². The van der Waals surface area contributed by atoms with Crippen LogP contribution in [-0.4, -0.2) is 57.5 Å². The quantitative estimate of drug-likeness (QED) is 0.137. The van der Waals surface area contributed by atoms with Crippen molar-refractivity contribution in [2.75, 3.05) is 33.5 Å². The first-order chi connectivity index (χ1) is 16.3. The number of allylic oxidation sites excluding steroid dienone is 5. The van der Waals surface area contributed by atoms with Gasteiger partial charge in [-0.1, -0.05) is 64.2 Å². The van der Waals surface area contributed by atoms with Gasteiger partial charge < -0.3 is 19.3 Å². The van der Waals surface area contributed by atoms with E-state index in [0.717, 1.165) is 12.0 Å². The smallest absolute Gasteiger partial charge is 0.332 e. The molecule has 0 saturated carbocycles. The highest BCUT2D eigenvalue weighted by molar-refractivity contribution is 7.53. The lowest BCUT2D eigenvalue weighted by Gasteiger charge is -2.32. The second kappa shape index (κ2) is 16.5. The van der Waals surface area contributed by atoms with Crippen molar-refractivity contribution in [1.82, 2.24) is 5.32 Å². The van der Waals surface area contributed by atoms with Crippen molar-refractivity contribution in [3.8, 4) is 0 Å². The maximum atomic E-state index is 13.3. The number of rotatable bonds is 16. The van der Waals surface area contributed by atoms with E-state index in [1.54, 1.807) is 33.8 Å². The second-order valence-electron chi connectivity index (χ2n) is 9.08. The summed E-state index contributed by atoms with van der Waals surface area (Å²) in [5, 5.41) is 2.59. The third kappa shape index (κ3) is 13.4. The van der Waals surface area contributed by atoms with E-state index < -0.39 is 42.9 Å². The highest BCUT2D eigenvalue weighted by Gasteiger charge is 2.40. The summed E-state index contributed by atoms with van der Waals surface area (Å²) in [5.74, 6) is -2.31. The number of ether oxygens (including phenoxy) is 2. The molecule has 0 radical (unpaired) electrons. The molecule has 0 saturated heterocycles. The predicted molar refractivity (Wildman–Crippen MR) is 136 cm³/mol. The van der Waals surface area contributed by atoms with E-state index in [9.17, 15) is 18.9 Å². The molecule has 0 bridgehead atoms. The molecule has 9 nitrogen and oxygen atoms in total. The van der Waals surface area contributed by atoms with Gasteiger partial charge in [-0.3, -0.25) is 23.5 Å². The van der Waals surface area contributed by atoms with Crippen LogP contribution in [0.2, 0.25) is 0 Å². The molecule has 0 aliphatic carbocycles. The lowest BCUT2D eigenvalue weighted by Crippen LogP contribution is -2.44. The van der Waals surface area contributed by atoms with Crippen LogP contribution in [0.4, 0.5) is 0 Å². The van der Waals surface area contributed by atoms with E-state index in [2.05, 4.69) is 16.6 Å². The van der Waals surface area contributed by atoms with Gasteiger partial charge in [-0.15, -0.1) is 0 Å². The molecule has 1 amide bonds. The zero-order valence-corrected chi connectivity index (χ0v) is 23.0. The van der Waals surface area contributed by atoms with Crippen molar-refractivity contribution >= 4 is 25.4 Å². The third-order valence-electron chi connectivity index (χ3n) is 5.00. The summed E-state index contributed by atoms with van der Waals surface area (Å²) in [5.41, 5.74) is 0.363. The minimum absolute atomic E-state index is 0.00992. The molecular formula is C25H42NO8P. The third-order valence-corrected chi connectivity index (χ3v) is 7.08. The highest BCUT2D eigenvalue weighted by atomic mass is 31.2. The number of esters is 2. The van der Waals surface area contributed by atoms with Gasteiger partial charge in [0.25, 0.3) is 0 Å². The monoisotopic (exact) mass is 515 g/mol. The molecule has 0 fully saturated rings. The van der Waals surface area contributed by atoms with Gasteiger partial charge in [0.2, 0.25) is 5.91 Å². The molecule has 10 heteroatoms. The van der Waals surface area contributed by atoms with Gasteiger partial charge in [-0.2, -0.15) is 0 Å². The maximum Gasteiger partial charge on any atom is 0.332 e. The van der Waals surface area contributed by atoms with E-state index in [-0.39, 0.29) is 25.7 Å². The Morgan fingerprint density at radius 1 is 1.14 bits per heavy atom. The van der Waals surface area contributed by atoms with Crippen molar-refractivity contribution in [3.05, 3.63) is 36.5 Å². The van der Waals surface area contributed by atoms with Crippen molar-refractivity contribution < 1.29 is 37.5 Å². The summed E-state index contributed by atoms with van der Waals surface area (Å²) in [6.45, 7) is 12.7. The summed E-state index contributed by atoms with van der Waals surface area (Å²) < 4.78 is 34.1. The molecule has 0 aromatic carbocycles. The fourth-order valence-corrected chi connectivity index (χ4v) is 4.79. The van der Waals surface area contributed by atoms with E-state index in [1.807, 2.05) is 25.2 Å². The predicted octanol–water partition coefficient (Wildman–Crippen LogP) is 4.58. The van der Waals surface area contributed by atoms with Gasteiger partial charge in [0.05, 0.1) is 32.2 Å². The molecule has 0 unspecified atom stereocenters. The summed E-state index contributed by atoms with van der Waals surface area (Å²) in [6, 6.07) is 0. The van der Waals surface area contributed by atoms with Crippen LogP contribution >= 0.6 is 7.60 Å². The zero-order valence-electron chi connectivity index (χ0n) is 22.1. The molecule has 1 N–H and O–H groups in total. The zero-order chi connectivity index (χ0) is 27.1. The number of amides is 1. The molecule has 0 aromatic rings. The van der Waals surface area contributed by atoms with Gasteiger partial charge in [-0.25, -0.2) is 0 Å². The van der Waals surface area contributed by atoms with Crippen LogP contribution in [0, 0.1) is 11.3 Å². The van der Waals surface area contributed by atoms with Crippen LogP contribution < -0.4 is 5.32 Å². The van der Waals surface area contributed by atoms with Crippen molar-refractivity contribution in [1.29, 1.82) is 0 Å². The van der Waals surface area contributed by atoms with Crippen molar-refractivity contribution in [3.63, 3.8) is 0 Å². The lowest BCUT2D eigenvalue weighted by molar-refractivity contribution is -0.147. The molecule has 0 heterocycles. The first kappa shape index (κ1) is 32.8. The largest absolute Gasteiger partial charge is 0.469 e. The van der Waals surface area contributed by atoms with Gasteiger partial charge in [0.1, 0.15) is 0 Å². The second-order valence-corrected chi connectivity index (χ2v) is 11.2. The number of methoxy groups -OCH3 is 1. The molecular weight excluding hydrogens is 473 g/mol. The van der Waals surface area contributed by atoms with Crippen LogP contribution in [0.3, 0.4) is 0 Å². The van der Waals surface area contributed by atoms with Crippen LogP contribution in [0.15, 0.2) is 36.5 Å². The van der Waals surface area contributed by atoms with Crippen molar-refractivity contribution in [2.24, 2.45) is 11.3 Å².